The molecule has 0 saturated carbocycles. The maximum atomic E-state index is 12.1. The predicted molar refractivity (Wildman–Crippen MR) is 75.6 cm³/mol. The van der Waals surface area contributed by atoms with Crippen molar-refractivity contribution in [3.05, 3.63) is 64.7 Å². The molecule has 0 N–H and O–H groups in total. The minimum Gasteiger partial charge on any atom is -0.359 e. The second-order valence-electron chi connectivity index (χ2n) is 4.34. The summed E-state index contributed by atoms with van der Waals surface area (Å²) < 4.78 is 28.7. The van der Waals surface area contributed by atoms with Gasteiger partial charge in [-0.05, 0) is 34.7 Å². The van der Waals surface area contributed by atoms with E-state index in [-0.39, 0.29) is 15.3 Å². The molecule has 2 aromatic carbocycles. The Morgan fingerprint density at radius 2 is 1.90 bits per heavy atom. The largest absolute Gasteiger partial charge is 0.359 e. The number of rotatable bonds is 3. The average molecular weight is 302 g/mol. The molecule has 0 aliphatic heterocycles. The van der Waals surface area contributed by atoms with Gasteiger partial charge in [-0.2, -0.15) is 0 Å². The Balaban J connectivity index is 1.96. The molecular formula is C14H10N2O4S. The minimum atomic E-state index is -3.51. The van der Waals surface area contributed by atoms with Crippen LogP contribution in [0, 0.1) is 5.21 Å². The quantitative estimate of drug-likeness (QED) is 0.690. The number of benzene rings is 2. The van der Waals surface area contributed by atoms with Crippen molar-refractivity contribution in [3.8, 4) is 0 Å². The van der Waals surface area contributed by atoms with Crippen LogP contribution in [-0.2, 0) is 9.84 Å². The Kier molecular flexibility index (Phi) is 3.19. The van der Waals surface area contributed by atoms with Crippen molar-refractivity contribution in [3.63, 3.8) is 0 Å². The van der Waals surface area contributed by atoms with Gasteiger partial charge in [-0.1, -0.05) is 24.3 Å². The van der Waals surface area contributed by atoms with E-state index in [9.17, 15) is 13.6 Å². The van der Waals surface area contributed by atoms with Crippen LogP contribution in [0.3, 0.4) is 0 Å². The van der Waals surface area contributed by atoms with E-state index in [4.69, 9.17) is 0 Å². The summed E-state index contributed by atoms with van der Waals surface area (Å²) in [7, 11) is -3.51. The molecule has 0 amide bonds. The molecule has 7 heteroatoms. The van der Waals surface area contributed by atoms with Gasteiger partial charge in [0.2, 0.25) is 11.0 Å². The van der Waals surface area contributed by atoms with Gasteiger partial charge >= 0.3 is 0 Å². The number of fused-ring (bicyclic) bond motifs is 1. The third-order valence-electron chi connectivity index (χ3n) is 2.92. The average Bonchev–Trinajstić information content (AvgIpc) is 2.87. The Bertz CT molecular complexity index is 915. The fraction of sp³-hybridized carbons (Fsp3) is 0. The highest BCUT2D eigenvalue weighted by Gasteiger charge is 2.11. The maximum Gasteiger partial charge on any atom is 0.248 e. The lowest BCUT2D eigenvalue weighted by Gasteiger charge is -1.98. The van der Waals surface area contributed by atoms with Crippen LogP contribution in [0.5, 0.6) is 0 Å². The first-order chi connectivity index (χ1) is 10.1. The molecule has 3 rings (SSSR count). The van der Waals surface area contributed by atoms with E-state index in [0.29, 0.717) is 11.1 Å². The van der Waals surface area contributed by atoms with Crippen molar-refractivity contribution >= 4 is 26.9 Å². The van der Waals surface area contributed by atoms with Gasteiger partial charge in [-0.25, -0.2) is 8.42 Å². The summed E-state index contributed by atoms with van der Waals surface area (Å²) in [5.41, 5.74) is 1.22. The van der Waals surface area contributed by atoms with Crippen molar-refractivity contribution in [2.45, 2.75) is 4.90 Å². The van der Waals surface area contributed by atoms with Crippen molar-refractivity contribution in [2.24, 2.45) is 0 Å². The van der Waals surface area contributed by atoms with Crippen molar-refractivity contribution in [1.29, 1.82) is 0 Å². The molecule has 0 fully saturated rings. The van der Waals surface area contributed by atoms with Crippen LogP contribution in [0.1, 0.15) is 5.56 Å². The van der Waals surface area contributed by atoms with Gasteiger partial charge in [0.1, 0.15) is 0 Å². The topological polar surface area (TPSA) is 87.1 Å². The summed E-state index contributed by atoms with van der Waals surface area (Å²) in [5, 5.41) is 16.0. The number of hydrogen-bond donors (Lipinski definition) is 0. The second kappa shape index (κ2) is 5.02. The van der Waals surface area contributed by atoms with E-state index < -0.39 is 9.84 Å². The molecule has 0 aliphatic carbocycles. The Hall–Kier alpha value is -2.67. The number of nitrogens with zero attached hydrogens (tertiary/aromatic N) is 2. The van der Waals surface area contributed by atoms with Crippen LogP contribution in [0.2, 0.25) is 0 Å². The van der Waals surface area contributed by atoms with Crippen molar-refractivity contribution < 1.29 is 17.9 Å². The zero-order valence-corrected chi connectivity index (χ0v) is 11.5. The van der Waals surface area contributed by atoms with E-state index in [1.807, 2.05) is 0 Å². The van der Waals surface area contributed by atoms with Crippen LogP contribution < -0.4 is 4.90 Å². The molecule has 1 heterocycles. The standard InChI is InChI=1S/C14H10N2O4S/c17-16-14-10-11(6-7-13(14)15-20-16)8-9-21(18,19)12-4-2-1-3-5-12/h1-10H/b9-8-. The molecule has 0 unspecified atom stereocenters. The third kappa shape index (κ3) is 2.63. The lowest BCUT2D eigenvalue weighted by atomic mass is 10.2. The van der Waals surface area contributed by atoms with Crippen molar-refractivity contribution in [2.75, 3.05) is 0 Å². The smallest absolute Gasteiger partial charge is 0.248 e. The zero-order valence-electron chi connectivity index (χ0n) is 10.7. The van der Waals surface area contributed by atoms with E-state index in [0.717, 1.165) is 5.41 Å². The Morgan fingerprint density at radius 1 is 1.14 bits per heavy atom. The van der Waals surface area contributed by atoms with Crippen molar-refractivity contribution in [1.82, 2.24) is 5.16 Å². The highest BCUT2D eigenvalue weighted by atomic mass is 32.2. The molecule has 21 heavy (non-hydrogen) atoms. The van der Waals surface area contributed by atoms with Crippen LogP contribution in [0.25, 0.3) is 17.1 Å². The lowest BCUT2D eigenvalue weighted by molar-refractivity contribution is -0.782. The summed E-state index contributed by atoms with van der Waals surface area (Å²) in [4.78, 5) is 0.490. The monoisotopic (exact) mass is 302 g/mol. The molecular weight excluding hydrogens is 292 g/mol. The molecule has 0 saturated heterocycles. The predicted octanol–water partition coefficient (Wildman–Crippen LogP) is 1.91. The Labute approximate surface area is 120 Å². The summed E-state index contributed by atoms with van der Waals surface area (Å²) in [6.07, 6.45) is 1.43. The van der Waals surface area contributed by atoms with Gasteiger partial charge in [0, 0.05) is 16.6 Å². The van der Waals surface area contributed by atoms with Gasteiger partial charge in [0.15, 0.2) is 9.84 Å². The third-order valence-corrected chi connectivity index (χ3v) is 4.34. The van der Waals surface area contributed by atoms with Crippen LogP contribution in [0.15, 0.2) is 63.5 Å². The summed E-state index contributed by atoms with van der Waals surface area (Å²) >= 11 is 0. The first-order valence-corrected chi connectivity index (χ1v) is 7.59. The van der Waals surface area contributed by atoms with Gasteiger partial charge in [0.25, 0.3) is 0 Å². The molecule has 0 bridgehead atoms. The summed E-state index contributed by atoms with van der Waals surface area (Å²) in [6, 6.07) is 12.9. The van der Waals surface area contributed by atoms with E-state index in [2.05, 4.69) is 9.79 Å². The SMILES string of the molecule is O=S(=O)(/C=C\c1ccc2no[n+]([O-])c2c1)c1ccccc1. The molecule has 0 spiro atoms. The maximum absolute atomic E-state index is 12.1. The zero-order chi connectivity index (χ0) is 14.9. The normalized spacial score (nSPS) is 12.2. The number of sulfone groups is 1. The molecule has 1 aromatic heterocycles. The van der Waals surface area contributed by atoms with Gasteiger partial charge in [0.05, 0.1) is 4.90 Å². The van der Waals surface area contributed by atoms with Gasteiger partial charge < -0.3 is 5.21 Å². The molecule has 0 radical (unpaired) electrons. The lowest BCUT2D eigenvalue weighted by Crippen LogP contribution is -2.22. The van der Waals surface area contributed by atoms with E-state index in [1.54, 1.807) is 30.3 Å². The molecule has 0 atom stereocenters. The first-order valence-electron chi connectivity index (χ1n) is 6.04. The molecule has 3 aromatic rings. The summed E-state index contributed by atoms with van der Waals surface area (Å²) in [6.45, 7) is 0. The molecule has 106 valence electrons. The number of hydrogen-bond acceptors (Lipinski definition) is 5. The minimum absolute atomic E-state index is 0.214. The highest BCUT2D eigenvalue weighted by molar-refractivity contribution is 7.94. The molecule has 6 nitrogen and oxygen atoms in total. The highest BCUT2D eigenvalue weighted by Crippen LogP contribution is 2.15. The summed E-state index contributed by atoms with van der Waals surface area (Å²) in [5.74, 6) is 0. The van der Waals surface area contributed by atoms with Crippen LogP contribution in [-0.4, -0.2) is 13.6 Å². The van der Waals surface area contributed by atoms with Gasteiger partial charge in [-0.15, -0.1) is 0 Å². The fourth-order valence-corrected chi connectivity index (χ4v) is 2.88. The van der Waals surface area contributed by atoms with Gasteiger partial charge in [-0.3, -0.25) is 4.63 Å². The van der Waals surface area contributed by atoms with E-state index >= 15 is 0 Å². The van der Waals surface area contributed by atoms with Crippen LogP contribution >= 0.6 is 0 Å². The Morgan fingerprint density at radius 3 is 2.67 bits per heavy atom. The number of aromatic nitrogens is 2. The second-order valence-corrected chi connectivity index (χ2v) is 6.17. The first kappa shape index (κ1) is 13.3. The molecule has 0 aliphatic rings. The van der Waals surface area contributed by atoms with E-state index in [1.165, 1.54) is 24.3 Å². The fourth-order valence-electron chi connectivity index (χ4n) is 1.85. The van der Waals surface area contributed by atoms with Crippen LogP contribution in [0.4, 0.5) is 0 Å².